The molecule has 1 aromatic heterocycles. The third-order valence-electron chi connectivity index (χ3n) is 2.43. The van der Waals surface area contributed by atoms with Crippen molar-refractivity contribution in [2.75, 3.05) is 0 Å². The average Bonchev–Trinajstić information content (AvgIpc) is 2.75. The number of aryl methyl sites for hydroxylation is 1. The maximum atomic E-state index is 11.8. The minimum atomic E-state index is -0.234. The molecule has 1 amide bonds. The van der Waals surface area contributed by atoms with E-state index in [-0.39, 0.29) is 5.91 Å². The van der Waals surface area contributed by atoms with Crippen molar-refractivity contribution < 1.29 is 4.79 Å². The van der Waals surface area contributed by atoms with Crippen LogP contribution >= 0.6 is 15.9 Å². The van der Waals surface area contributed by atoms with E-state index in [1.807, 2.05) is 36.0 Å². The fraction of sp³-hybridized carbons (Fsp3) is 0.0769. The van der Waals surface area contributed by atoms with Gasteiger partial charge in [-0.05, 0) is 30.3 Å². The highest BCUT2D eigenvalue weighted by Crippen LogP contribution is 2.11. The third kappa shape index (κ3) is 3.07. The SMILES string of the molecule is Cn1cccc1/C=N/NC(=O)c1cccc(Br)c1. The molecule has 4 nitrogen and oxygen atoms in total. The largest absolute Gasteiger partial charge is 0.350 e. The first kappa shape index (κ1) is 12.6. The molecule has 0 atom stereocenters. The molecule has 0 radical (unpaired) electrons. The van der Waals surface area contributed by atoms with E-state index in [0.29, 0.717) is 5.56 Å². The van der Waals surface area contributed by atoms with Crippen molar-refractivity contribution in [1.82, 2.24) is 9.99 Å². The second-order valence-corrected chi connectivity index (χ2v) is 4.67. The van der Waals surface area contributed by atoms with Gasteiger partial charge in [0.1, 0.15) is 0 Å². The number of aromatic nitrogens is 1. The molecule has 2 rings (SSSR count). The van der Waals surface area contributed by atoms with Crippen LogP contribution in [-0.4, -0.2) is 16.7 Å². The molecule has 0 saturated carbocycles. The van der Waals surface area contributed by atoms with Crippen LogP contribution in [0.1, 0.15) is 16.1 Å². The van der Waals surface area contributed by atoms with Gasteiger partial charge in [0.05, 0.1) is 11.9 Å². The molecule has 0 spiro atoms. The number of nitrogens with zero attached hydrogens (tertiary/aromatic N) is 2. The van der Waals surface area contributed by atoms with Gasteiger partial charge in [-0.1, -0.05) is 22.0 Å². The second-order valence-electron chi connectivity index (χ2n) is 3.75. The Kier molecular flexibility index (Phi) is 3.94. The number of rotatable bonds is 3. The van der Waals surface area contributed by atoms with Crippen LogP contribution in [0.25, 0.3) is 0 Å². The fourth-order valence-electron chi connectivity index (χ4n) is 1.46. The average molecular weight is 306 g/mol. The first-order valence-electron chi connectivity index (χ1n) is 5.37. The molecule has 5 heteroatoms. The number of hydrazone groups is 1. The van der Waals surface area contributed by atoms with Crippen LogP contribution in [0.3, 0.4) is 0 Å². The van der Waals surface area contributed by atoms with Crippen molar-refractivity contribution in [3.63, 3.8) is 0 Å². The van der Waals surface area contributed by atoms with E-state index in [1.165, 1.54) is 0 Å². The lowest BCUT2D eigenvalue weighted by atomic mass is 10.2. The van der Waals surface area contributed by atoms with E-state index in [1.54, 1.807) is 24.4 Å². The van der Waals surface area contributed by atoms with Crippen molar-refractivity contribution >= 4 is 28.1 Å². The molecular weight excluding hydrogens is 294 g/mol. The Hall–Kier alpha value is -1.88. The van der Waals surface area contributed by atoms with E-state index in [0.717, 1.165) is 10.2 Å². The van der Waals surface area contributed by atoms with E-state index >= 15 is 0 Å². The number of hydrogen-bond acceptors (Lipinski definition) is 2. The van der Waals surface area contributed by atoms with Crippen LogP contribution in [0.15, 0.2) is 52.2 Å². The van der Waals surface area contributed by atoms with Gasteiger partial charge < -0.3 is 4.57 Å². The maximum absolute atomic E-state index is 11.8. The van der Waals surface area contributed by atoms with E-state index < -0.39 is 0 Å². The molecule has 0 unspecified atom stereocenters. The van der Waals surface area contributed by atoms with Gasteiger partial charge in [-0.15, -0.1) is 0 Å². The standard InChI is InChI=1S/C13H12BrN3O/c1-17-7-3-6-12(17)9-15-16-13(18)10-4-2-5-11(14)8-10/h2-9H,1H3,(H,16,18)/b15-9+. The summed E-state index contributed by atoms with van der Waals surface area (Å²) in [6, 6.07) is 11.0. The molecule has 0 fully saturated rings. The first-order chi connectivity index (χ1) is 8.66. The minimum absolute atomic E-state index is 0.234. The number of benzene rings is 1. The molecule has 1 N–H and O–H groups in total. The molecule has 1 aromatic carbocycles. The summed E-state index contributed by atoms with van der Waals surface area (Å²) < 4.78 is 2.77. The summed E-state index contributed by atoms with van der Waals surface area (Å²) in [5, 5.41) is 3.92. The number of carbonyl (C=O) groups excluding carboxylic acids is 1. The van der Waals surface area contributed by atoms with Gasteiger partial charge in [-0.3, -0.25) is 4.79 Å². The molecule has 0 saturated heterocycles. The van der Waals surface area contributed by atoms with Crippen LogP contribution in [0.5, 0.6) is 0 Å². The zero-order valence-electron chi connectivity index (χ0n) is 9.80. The molecule has 0 aliphatic carbocycles. The number of halogens is 1. The Balaban J connectivity index is 2.01. The molecule has 92 valence electrons. The van der Waals surface area contributed by atoms with Crippen molar-refractivity contribution in [1.29, 1.82) is 0 Å². The van der Waals surface area contributed by atoms with Crippen molar-refractivity contribution in [2.45, 2.75) is 0 Å². The van der Waals surface area contributed by atoms with E-state index in [2.05, 4.69) is 26.5 Å². The topological polar surface area (TPSA) is 46.4 Å². The predicted molar refractivity (Wildman–Crippen MR) is 74.6 cm³/mol. The summed E-state index contributed by atoms with van der Waals surface area (Å²) in [5.74, 6) is -0.234. The molecule has 1 heterocycles. The number of hydrogen-bond donors (Lipinski definition) is 1. The lowest BCUT2D eigenvalue weighted by molar-refractivity contribution is 0.0955. The Morgan fingerprint density at radius 1 is 1.39 bits per heavy atom. The van der Waals surface area contributed by atoms with Gasteiger partial charge in [0.2, 0.25) is 0 Å². The predicted octanol–water partition coefficient (Wildman–Crippen LogP) is 2.55. The summed E-state index contributed by atoms with van der Waals surface area (Å²) in [6.45, 7) is 0. The molecule has 0 aliphatic heterocycles. The van der Waals surface area contributed by atoms with E-state index in [9.17, 15) is 4.79 Å². The molecule has 0 aliphatic rings. The third-order valence-corrected chi connectivity index (χ3v) is 2.93. The van der Waals surface area contributed by atoms with Gasteiger partial charge in [0.25, 0.3) is 5.91 Å². The first-order valence-corrected chi connectivity index (χ1v) is 6.16. The summed E-state index contributed by atoms with van der Waals surface area (Å²) in [4.78, 5) is 11.8. The minimum Gasteiger partial charge on any atom is -0.350 e. The van der Waals surface area contributed by atoms with Crippen molar-refractivity contribution in [2.24, 2.45) is 12.1 Å². The monoisotopic (exact) mass is 305 g/mol. The van der Waals surface area contributed by atoms with Gasteiger partial charge in [-0.25, -0.2) is 5.43 Å². The van der Waals surface area contributed by atoms with Crippen LogP contribution in [0.2, 0.25) is 0 Å². The Labute approximate surface area is 113 Å². The number of amides is 1. The number of nitrogens with one attached hydrogen (secondary N) is 1. The van der Waals surface area contributed by atoms with Crippen LogP contribution in [0, 0.1) is 0 Å². The summed E-state index contributed by atoms with van der Waals surface area (Å²) >= 11 is 3.32. The summed E-state index contributed by atoms with van der Waals surface area (Å²) in [7, 11) is 1.91. The van der Waals surface area contributed by atoms with Gasteiger partial charge in [-0.2, -0.15) is 5.10 Å². The highest BCUT2D eigenvalue weighted by molar-refractivity contribution is 9.10. The highest BCUT2D eigenvalue weighted by atomic mass is 79.9. The molecule has 18 heavy (non-hydrogen) atoms. The van der Waals surface area contributed by atoms with Crippen LogP contribution in [-0.2, 0) is 7.05 Å². The number of carbonyl (C=O) groups is 1. The summed E-state index contributed by atoms with van der Waals surface area (Å²) in [5.41, 5.74) is 3.97. The fourth-order valence-corrected chi connectivity index (χ4v) is 1.86. The lowest BCUT2D eigenvalue weighted by Crippen LogP contribution is -2.17. The Bertz CT molecular complexity index is 589. The zero-order chi connectivity index (χ0) is 13.0. The van der Waals surface area contributed by atoms with Gasteiger partial charge in [0.15, 0.2) is 0 Å². The van der Waals surface area contributed by atoms with E-state index in [4.69, 9.17) is 0 Å². The molecule has 2 aromatic rings. The van der Waals surface area contributed by atoms with Gasteiger partial charge in [0, 0.05) is 23.3 Å². The van der Waals surface area contributed by atoms with Crippen molar-refractivity contribution in [3.8, 4) is 0 Å². The molecule has 0 bridgehead atoms. The smallest absolute Gasteiger partial charge is 0.271 e. The Morgan fingerprint density at radius 3 is 2.89 bits per heavy atom. The quantitative estimate of drug-likeness (QED) is 0.687. The van der Waals surface area contributed by atoms with Crippen LogP contribution < -0.4 is 5.43 Å². The normalized spacial score (nSPS) is 10.8. The molecular formula is C13H12BrN3O. The second kappa shape index (κ2) is 5.64. The zero-order valence-corrected chi connectivity index (χ0v) is 11.4. The summed E-state index contributed by atoms with van der Waals surface area (Å²) in [6.07, 6.45) is 3.52. The highest BCUT2D eigenvalue weighted by Gasteiger charge is 2.03. The Morgan fingerprint density at radius 2 is 2.22 bits per heavy atom. The maximum Gasteiger partial charge on any atom is 0.271 e. The van der Waals surface area contributed by atoms with Crippen LogP contribution in [0.4, 0.5) is 0 Å². The van der Waals surface area contributed by atoms with Gasteiger partial charge >= 0.3 is 0 Å². The lowest BCUT2D eigenvalue weighted by Gasteiger charge is -2.00. The van der Waals surface area contributed by atoms with Crippen molar-refractivity contribution in [3.05, 3.63) is 58.3 Å².